The monoisotopic (exact) mass is 328 g/mol. The Kier molecular flexibility index (Phi) is 4.27. The molecule has 3 aromatic carbocycles. The van der Waals surface area contributed by atoms with Gasteiger partial charge in [-0.25, -0.2) is 0 Å². The largest absolute Gasteiger partial charge is 0.140 e. The predicted octanol–water partition coefficient (Wildman–Crippen LogP) is 6.15. The van der Waals surface area contributed by atoms with E-state index >= 15 is 0 Å². The molecule has 0 aromatic heterocycles. The van der Waals surface area contributed by atoms with Crippen LogP contribution in [0.4, 0.5) is 0 Å². The first-order chi connectivity index (χ1) is 11.9. The van der Waals surface area contributed by atoms with Gasteiger partial charge in [-0.05, 0) is 28.7 Å². The van der Waals surface area contributed by atoms with Gasteiger partial charge in [0.15, 0.2) is 0 Å². The highest BCUT2D eigenvalue weighted by Gasteiger charge is 2.36. The first-order valence-electron chi connectivity index (χ1n) is 8.38. The van der Waals surface area contributed by atoms with E-state index in [0.717, 1.165) is 12.2 Å². The van der Waals surface area contributed by atoms with Gasteiger partial charge in [0.2, 0.25) is 0 Å². The van der Waals surface area contributed by atoms with E-state index in [1.807, 2.05) is 0 Å². The summed E-state index contributed by atoms with van der Waals surface area (Å²) in [7, 11) is 0. The summed E-state index contributed by atoms with van der Waals surface area (Å²) in [6.45, 7) is 0. The van der Waals surface area contributed by atoms with Gasteiger partial charge >= 0.3 is 0 Å². The molecule has 0 bridgehead atoms. The highest BCUT2D eigenvalue weighted by atomic mass is 32.2. The Morgan fingerprint density at radius 3 is 1.58 bits per heavy atom. The zero-order valence-corrected chi connectivity index (χ0v) is 14.4. The SMILES string of the molecule is C1=C(c2ccccc2)CSC(c2ccccc2)(c2ccccc2)C1. The van der Waals surface area contributed by atoms with E-state index in [9.17, 15) is 0 Å². The summed E-state index contributed by atoms with van der Waals surface area (Å²) in [4.78, 5) is 0. The molecule has 0 nitrogen and oxygen atoms in total. The zero-order valence-electron chi connectivity index (χ0n) is 13.6. The van der Waals surface area contributed by atoms with Crippen LogP contribution in [0.15, 0.2) is 97.1 Å². The van der Waals surface area contributed by atoms with Crippen molar-refractivity contribution in [3.8, 4) is 0 Å². The van der Waals surface area contributed by atoms with Gasteiger partial charge in [0, 0.05) is 5.75 Å². The Morgan fingerprint density at radius 2 is 1.12 bits per heavy atom. The Balaban J connectivity index is 1.76. The van der Waals surface area contributed by atoms with Crippen molar-refractivity contribution in [1.29, 1.82) is 0 Å². The number of hydrogen-bond donors (Lipinski definition) is 0. The minimum atomic E-state index is 0.0147. The van der Waals surface area contributed by atoms with Gasteiger partial charge in [-0.15, -0.1) is 11.8 Å². The summed E-state index contributed by atoms with van der Waals surface area (Å²) in [5, 5.41) is 0. The van der Waals surface area contributed by atoms with E-state index in [4.69, 9.17) is 0 Å². The summed E-state index contributed by atoms with van der Waals surface area (Å²) in [5.74, 6) is 1.04. The van der Waals surface area contributed by atoms with Crippen molar-refractivity contribution in [2.75, 3.05) is 5.75 Å². The van der Waals surface area contributed by atoms with Gasteiger partial charge in [-0.2, -0.15) is 0 Å². The molecule has 0 amide bonds. The third-order valence-corrected chi connectivity index (χ3v) is 6.32. The lowest BCUT2D eigenvalue weighted by atomic mass is 9.86. The molecule has 0 N–H and O–H groups in total. The lowest BCUT2D eigenvalue weighted by molar-refractivity contribution is 0.751. The van der Waals surface area contributed by atoms with Gasteiger partial charge < -0.3 is 0 Å². The van der Waals surface area contributed by atoms with E-state index in [2.05, 4.69) is 109 Å². The van der Waals surface area contributed by atoms with Crippen LogP contribution in [0, 0.1) is 0 Å². The molecular formula is C23H20S. The average molecular weight is 328 g/mol. The fourth-order valence-corrected chi connectivity index (χ4v) is 4.92. The maximum atomic E-state index is 2.44. The van der Waals surface area contributed by atoms with Crippen molar-refractivity contribution in [2.45, 2.75) is 11.2 Å². The minimum Gasteiger partial charge on any atom is -0.140 e. The Bertz CT molecular complexity index is 780. The molecule has 118 valence electrons. The molecular weight excluding hydrogens is 308 g/mol. The van der Waals surface area contributed by atoms with Crippen LogP contribution >= 0.6 is 11.8 Å². The van der Waals surface area contributed by atoms with Crippen molar-refractivity contribution in [2.24, 2.45) is 0 Å². The molecule has 1 aliphatic rings. The molecule has 0 aliphatic carbocycles. The fraction of sp³-hybridized carbons (Fsp3) is 0.130. The van der Waals surface area contributed by atoms with Gasteiger partial charge in [0.25, 0.3) is 0 Å². The van der Waals surface area contributed by atoms with Crippen molar-refractivity contribution < 1.29 is 0 Å². The van der Waals surface area contributed by atoms with Crippen molar-refractivity contribution in [3.63, 3.8) is 0 Å². The van der Waals surface area contributed by atoms with E-state index in [1.165, 1.54) is 22.3 Å². The second kappa shape index (κ2) is 6.70. The van der Waals surface area contributed by atoms with Crippen LogP contribution < -0.4 is 0 Å². The molecule has 1 aliphatic heterocycles. The van der Waals surface area contributed by atoms with E-state index in [1.54, 1.807) is 0 Å². The van der Waals surface area contributed by atoms with Crippen molar-refractivity contribution in [3.05, 3.63) is 114 Å². The fourth-order valence-electron chi connectivity index (χ4n) is 3.42. The van der Waals surface area contributed by atoms with Crippen LogP contribution in [0.3, 0.4) is 0 Å². The zero-order chi connectivity index (χ0) is 16.2. The molecule has 1 heterocycles. The molecule has 0 unspecified atom stereocenters. The highest BCUT2D eigenvalue weighted by molar-refractivity contribution is 8.00. The van der Waals surface area contributed by atoms with Crippen molar-refractivity contribution >= 4 is 17.3 Å². The number of rotatable bonds is 3. The third kappa shape index (κ3) is 2.81. The lowest BCUT2D eigenvalue weighted by Crippen LogP contribution is -2.26. The molecule has 4 rings (SSSR count). The molecule has 0 spiro atoms. The molecule has 3 aromatic rings. The van der Waals surface area contributed by atoms with E-state index < -0.39 is 0 Å². The minimum absolute atomic E-state index is 0.0147. The van der Waals surface area contributed by atoms with Gasteiger partial charge in [-0.1, -0.05) is 97.1 Å². The predicted molar refractivity (Wildman–Crippen MR) is 105 cm³/mol. The standard InChI is InChI=1S/C23H20S/c1-4-10-19(11-5-1)20-16-17-23(24-18-20,21-12-6-2-7-13-21)22-14-8-3-9-15-22/h1-16H,17-18H2. The number of hydrogen-bond acceptors (Lipinski definition) is 1. The molecule has 0 atom stereocenters. The summed E-state index contributed by atoms with van der Waals surface area (Å²) >= 11 is 2.05. The lowest BCUT2D eigenvalue weighted by Gasteiger charge is -2.37. The third-order valence-electron chi connectivity index (χ3n) is 4.73. The second-order valence-corrected chi connectivity index (χ2v) is 7.42. The normalized spacial score (nSPS) is 16.4. The first kappa shape index (κ1) is 15.3. The second-order valence-electron chi connectivity index (χ2n) is 6.15. The van der Waals surface area contributed by atoms with Gasteiger partial charge in [-0.3, -0.25) is 0 Å². The van der Waals surface area contributed by atoms with Crippen LogP contribution in [0.1, 0.15) is 23.1 Å². The Hall–Kier alpha value is -2.25. The highest BCUT2D eigenvalue weighted by Crippen LogP contribution is 2.50. The maximum Gasteiger partial charge on any atom is 0.0694 e. The van der Waals surface area contributed by atoms with Crippen LogP contribution in [0.25, 0.3) is 5.57 Å². The Labute approximate surface area is 148 Å². The number of allylic oxidation sites excluding steroid dienone is 1. The number of thioether (sulfide) groups is 1. The summed E-state index contributed by atoms with van der Waals surface area (Å²) in [6, 6.07) is 32.6. The quantitative estimate of drug-likeness (QED) is 0.555. The van der Waals surface area contributed by atoms with E-state index in [-0.39, 0.29) is 4.75 Å². The number of benzene rings is 3. The molecule has 0 fully saturated rings. The molecule has 0 saturated heterocycles. The molecule has 1 heteroatoms. The van der Waals surface area contributed by atoms with Gasteiger partial charge in [0.1, 0.15) is 0 Å². The Morgan fingerprint density at radius 1 is 0.625 bits per heavy atom. The summed E-state index contributed by atoms with van der Waals surface area (Å²) < 4.78 is 0.0147. The van der Waals surface area contributed by atoms with Crippen LogP contribution in [-0.2, 0) is 4.75 Å². The van der Waals surface area contributed by atoms with Crippen LogP contribution in [-0.4, -0.2) is 5.75 Å². The van der Waals surface area contributed by atoms with Crippen molar-refractivity contribution in [1.82, 2.24) is 0 Å². The summed E-state index contributed by atoms with van der Waals surface area (Å²) in [5.41, 5.74) is 5.58. The molecule has 0 saturated carbocycles. The topological polar surface area (TPSA) is 0 Å². The van der Waals surface area contributed by atoms with Crippen LogP contribution in [0.5, 0.6) is 0 Å². The maximum absolute atomic E-state index is 2.44. The van der Waals surface area contributed by atoms with Crippen LogP contribution in [0.2, 0.25) is 0 Å². The van der Waals surface area contributed by atoms with Gasteiger partial charge in [0.05, 0.1) is 4.75 Å². The summed E-state index contributed by atoms with van der Waals surface area (Å²) in [6.07, 6.45) is 3.46. The smallest absolute Gasteiger partial charge is 0.0694 e. The molecule has 0 radical (unpaired) electrons. The first-order valence-corrected chi connectivity index (χ1v) is 9.36. The average Bonchev–Trinajstić information content (AvgIpc) is 2.70. The van der Waals surface area contributed by atoms with E-state index in [0.29, 0.717) is 0 Å². The molecule has 24 heavy (non-hydrogen) atoms.